The van der Waals surface area contributed by atoms with E-state index in [1.165, 1.54) is 4.31 Å². The highest BCUT2D eigenvalue weighted by atomic mass is 35.5. The number of benzene rings is 2. The third-order valence-corrected chi connectivity index (χ3v) is 7.11. The van der Waals surface area contributed by atoms with Crippen molar-refractivity contribution in [2.24, 2.45) is 0 Å². The number of furan rings is 1. The van der Waals surface area contributed by atoms with Crippen molar-refractivity contribution in [2.45, 2.75) is 4.90 Å². The summed E-state index contributed by atoms with van der Waals surface area (Å²) < 4.78 is 32.6. The van der Waals surface area contributed by atoms with Gasteiger partial charge in [0.2, 0.25) is 10.0 Å². The van der Waals surface area contributed by atoms with Gasteiger partial charge in [-0.05, 0) is 36.4 Å². The van der Waals surface area contributed by atoms with E-state index >= 15 is 0 Å². The molecular formula is C21H19ClN2O4S. The standard InChI is InChI=1S/C21H19ClN2O4S/c22-18-9-5-4-8-17(18)19-10-11-20(28-19)21(25)23-12-14-24(15-13-23)29(26,27)16-6-2-1-3-7-16/h1-11H,12-15H2. The summed E-state index contributed by atoms with van der Waals surface area (Å²) in [6, 6.07) is 18.9. The summed E-state index contributed by atoms with van der Waals surface area (Å²) in [7, 11) is -3.56. The summed E-state index contributed by atoms with van der Waals surface area (Å²) in [6.07, 6.45) is 0. The number of hydrogen-bond donors (Lipinski definition) is 0. The van der Waals surface area contributed by atoms with Crippen molar-refractivity contribution < 1.29 is 17.6 Å². The van der Waals surface area contributed by atoms with E-state index in [1.807, 2.05) is 18.2 Å². The van der Waals surface area contributed by atoms with Gasteiger partial charge < -0.3 is 9.32 Å². The molecule has 0 unspecified atom stereocenters. The molecule has 1 amide bonds. The molecule has 0 aliphatic carbocycles. The van der Waals surface area contributed by atoms with E-state index in [0.717, 1.165) is 0 Å². The Kier molecular flexibility index (Phi) is 5.45. The van der Waals surface area contributed by atoms with E-state index < -0.39 is 10.0 Å². The number of amides is 1. The summed E-state index contributed by atoms with van der Waals surface area (Å²) in [5.41, 5.74) is 0.715. The molecule has 1 aromatic heterocycles. The van der Waals surface area contributed by atoms with Crippen molar-refractivity contribution in [3.63, 3.8) is 0 Å². The van der Waals surface area contributed by atoms with Crippen LogP contribution in [0.4, 0.5) is 0 Å². The smallest absolute Gasteiger partial charge is 0.289 e. The lowest BCUT2D eigenvalue weighted by Crippen LogP contribution is -2.50. The maximum atomic E-state index is 12.8. The highest BCUT2D eigenvalue weighted by Crippen LogP contribution is 2.29. The van der Waals surface area contributed by atoms with E-state index in [4.69, 9.17) is 16.0 Å². The van der Waals surface area contributed by atoms with Gasteiger partial charge >= 0.3 is 0 Å². The van der Waals surface area contributed by atoms with Crippen LogP contribution in [0.15, 0.2) is 76.0 Å². The minimum absolute atomic E-state index is 0.208. The fourth-order valence-corrected chi connectivity index (χ4v) is 4.96. The van der Waals surface area contributed by atoms with Gasteiger partial charge in [-0.25, -0.2) is 8.42 Å². The number of hydrogen-bond acceptors (Lipinski definition) is 4. The van der Waals surface area contributed by atoms with Crippen LogP contribution in [0.3, 0.4) is 0 Å². The number of nitrogens with zero attached hydrogens (tertiary/aromatic N) is 2. The molecule has 4 rings (SSSR count). The van der Waals surface area contributed by atoms with E-state index in [-0.39, 0.29) is 29.7 Å². The van der Waals surface area contributed by atoms with Crippen LogP contribution in [-0.4, -0.2) is 49.7 Å². The summed E-state index contributed by atoms with van der Waals surface area (Å²) in [5.74, 6) is 0.462. The molecule has 0 saturated carbocycles. The largest absolute Gasteiger partial charge is 0.451 e. The van der Waals surface area contributed by atoms with Crippen molar-refractivity contribution in [1.29, 1.82) is 0 Å². The number of rotatable bonds is 4. The van der Waals surface area contributed by atoms with E-state index in [1.54, 1.807) is 53.4 Å². The maximum absolute atomic E-state index is 12.8. The first kappa shape index (κ1) is 19.7. The normalized spacial score (nSPS) is 15.4. The van der Waals surface area contributed by atoms with Gasteiger partial charge in [0.25, 0.3) is 5.91 Å². The van der Waals surface area contributed by atoms with Crippen molar-refractivity contribution in [1.82, 2.24) is 9.21 Å². The fourth-order valence-electron chi connectivity index (χ4n) is 3.29. The van der Waals surface area contributed by atoms with Gasteiger partial charge in [-0.3, -0.25) is 4.79 Å². The lowest BCUT2D eigenvalue weighted by molar-refractivity contribution is 0.0667. The first-order valence-electron chi connectivity index (χ1n) is 9.16. The number of piperazine rings is 1. The number of sulfonamides is 1. The average Bonchev–Trinajstić information content (AvgIpc) is 3.24. The van der Waals surface area contributed by atoms with Crippen LogP contribution < -0.4 is 0 Å². The topological polar surface area (TPSA) is 70.8 Å². The van der Waals surface area contributed by atoms with Crippen LogP contribution in [0.1, 0.15) is 10.6 Å². The minimum atomic E-state index is -3.56. The Balaban J connectivity index is 1.44. The quantitative estimate of drug-likeness (QED) is 0.632. The third kappa shape index (κ3) is 3.94. The molecule has 1 fully saturated rings. The highest BCUT2D eigenvalue weighted by Gasteiger charge is 2.31. The van der Waals surface area contributed by atoms with Crippen LogP contribution in [-0.2, 0) is 10.0 Å². The van der Waals surface area contributed by atoms with Gasteiger partial charge in [-0.2, -0.15) is 4.31 Å². The zero-order valence-corrected chi connectivity index (χ0v) is 17.1. The van der Waals surface area contributed by atoms with Gasteiger partial charge in [-0.15, -0.1) is 0 Å². The molecule has 0 radical (unpaired) electrons. The van der Waals surface area contributed by atoms with Crippen LogP contribution in [0.25, 0.3) is 11.3 Å². The summed E-state index contributed by atoms with van der Waals surface area (Å²) in [6.45, 7) is 1.07. The Morgan fingerprint density at radius 1 is 0.862 bits per heavy atom. The summed E-state index contributed by atoms with van der Waals surface area (Å²) in [5, 5.41) is 0.542. The zero-order valence-electron chi connectivity index (χ0n) is 15.5. The first-order valence-corrected chi connectivity index (χ1v) is 11.0. The maximum Gasteiger partial charge on any atom is 0.289 e. The highest BCUT2D eigenvalue weighted by molar-refractivity contribution is 7.89. The molecule has 1 saturated heterocycles. The Morgan fingerprint density at radius 3 is 2.21 bits per heavy atom. The average molecular weight is 431 g/mol. The second kappa shape index (κ2) is 8.02. The van der Waals surface area contributed by atoms with Gasteiger partial charge in [0.05, 0.1) is 9.92 Å². The van der Waals surface area contributed by atoms with Crippen LogP contribution in [0.5, 0.6) is 0 Å². The summed E-state index contributed by atoms with van der Waals surface area (Å²) in [4.78, 5) is 14.6. The molecule has 8 heteroatoms. The van der Waals surface area contributed by atoms with E-state index in [0.29, 0.717) is 29.4 Å². The van der Waals surface area contributed by atoms with Crippen molar-refractivity contribution in [3.05, 3.63) is 77.5 Å². The Bertz CT molecular complexity index is 1120. The molecule has 150 valence electrons. The molecular weight excluding hydrogens is 412 g/mol. The Hall–Kier alpha value is -2.61. The van der Waals surface area contributed by atoms with Crippen LogP contribution >= 0.6 is 11.6 Å². The number of carbonyl (C=O) groups is 1. The molecule has 3 aromatic rings. The monoisotopic (exact) mass is 430 g/mol. The fraction of sp³-hybridized carbons (Fsp3) is 0.190. The second-order valence-corrected chi connectivity index (χ2v) is 9.00. The van der Waals surface area contributed by atoms with Crippen LogP contribution in [0.2, 0.25) is 5.02 Å². The first-order chi connectivity index (χ1) is 14.0. The Morgan fingerprint density at radius 2 is 1.52 bits per heavy atom. The van der Waals surface area contributed by atoms with E-state index in [9.17, 15) is 13.2 Å². The molecule has 0 bridgehead atoms. The SMILES string of the molecule is O=C(c1ccc(-c2ccccc2Cl)o1)N1CCN(S(=O)(=O)c2ccccc2)CC1. The lowest BCUT2D eigenvalue weighted by Gasteiger charge is -2.33. The molecule has 29 heavy (non-hydrogen) atoms. The van der Waals surface area contributed by atoms with Crippen molar-refractivity contribution >= 4 is 27.5 Å². The second-order valence-electron chi connectivity index (χ2n) is 6.65. The van der Waals surface area contributed by atoms with E-state index in [2.05, 4.69) is 0 Å². The predicted octanol–water partition coefficient (Wildman–Crippen LogP) is 3.75. The van der Waals surface area contributed by atoms with Gasteiger partial charge in [0.15, 0.2) is 5.76 Å². The van der Waals surface area contributed by atoms with Gasteiger partial charge in [0, 0.05) is 31.7 Å². The molecule has 0 atom stereocenters. The molecule has 0 spiro atoms. The third-order valence-electron chi connectivity index (χ3n) is 4.86. The zero-order chi connectivity index (χ0) is 20.4. The molecule has 1 aliphatic heterocycles. The number of carbonyl (C=O) groups excluding carboxylic acids is 1. The number of halogens is 1. The van der Waals surface area contributed by atoms with Gasteiger partial charge in [-0.1, -0.05) is 41.9 Å². The van der Waals surface area contributed by atoms with Crippen molar-refractivity contribution in [2.75, 3.05) is 26.2 Å². The minimum Gasteiger partial charge on any atom is -0.451 e. The van der Waals surface area contributed by atoms with Crippen LogP contribution in [0, 0.1) is 0 Å². The molecule has 6 nitrogen and oxygen atoms in total. The molecule has 2 aromatic carbocycles. The molecule has 0 N–H and O–H groups in total. The molecule has 2 heterocycles. The Labute approximate surface area is 174 Å². The predicted molar refractivity (Wildman–Crippen MR) is 110 cm³/mol. The summed E-state index contributed by atoms with van der Waals surface area (Å²) >= 11 is 6.19. The van der Waals surface area contributed by atoms with Crippen molar-refractivity contribution in [3.8, 4) is 11.3 Å². The molecule has 1 aliphatic rings. The lowest BCUT2D eigenvalue weighted by atomic mass is 10.2. The van der Waals surface area contributed by atoms with Gasteiger partial charge in [0.1, 0.15) is 5.76 Å².